The second-order valence-electron chi connectivity index (χ2n) is 6.35. The monoisotopic (exact) mass is 374 g/mol. The van der Waals surface area contributed by atoms with Crippen molar-refractivity contribution in [2.45, 2.75) is 52.3 Å². The van der Waals surface area contributed by atoms with Crippen molar-refractivity contribution >= 4 is 22.0 Å². The van der Waals surface area contributed by atoms with Gasteiger partial charge in [-0.25, -0.2) is 9.18 Å². The number of amides is 1. The van der Waals surface area contributed by atoms with Crippen LogP contribution in [0.25, 0.3) is 0 Å². The molecule has 0 aliphatic heterocycles. The smallest absolute Gasteiger partial charge is 0.407 e. The van der Waals surface area contributed by atoms with E-state index in [9.17, 15) is 9.18 Å². The van der Waals surface area contributed by atoms with Gasteiger partial charge in [-0.05, 0) is 68.2 Å². The summed E-state index contributed by atoms with van der Waals surface area (Å²) in [6.45, 7) is 9.87. The van der Waals surface area contributed by atoms with E-state index < -0.39 is 11.7 Å². The Balaban J connectivity index is 2.45. The van der Waals surface area contributed by atoms with Gasteiger partial charge in [-0.3, -0.25) is 0 Å². The van der Waals surface area contributed by atoms with Crippen LogP contribution in [0, 0.1) is 5.82 Å². The fourth-order valence-electron chi connectivity index (χ4n) is 1.91. The first-order valence-electron chi connectivity index (χ1n) is 7.26. The molecule has 0 bridgehead atoms. The van der Waals surface area contributed by atoms with Crippen LogP contribution in [0.4, 0.5) is 9.18 Å². The summed E-state index contributed by atoms with van der Waals surface area (Å²) in [5.74, 6) is -0.282. The SMILES string of the molecule is CC(CNC(=O)OC(C)(C)C)NC(C)c1ccc(F)c(Br)c1. The molecule has 0 aliphatic rings. The summed E-state index contributed by atoms with van der Waals surface area (Å²) in [5.41, 5.74) is 0.464. The average Bonchev–Trinajstić information content (AvgIpc) is 2.37. The van der Waals surface area contributed by atoms with Gasteiger partial charge in [0.1, 0.15) is 11.4 Å². The third-order valence-electron chi connectivity index (χ3n) is 2.93. The number of alkyl carbamates (subject to hydrolysis) is 1. The molecule has 1 amide bonds. The molecule has 124 valence electrons. The average molecular weight is 375 g/mol. The Labute approximate surface area is 139 Å². The number of halogens is 2. The standard InChI is InChI=1S/C16H24BrFN2O2/c1-10(9-19-15(21)22-16(3,4)5)20-11(2)12-6-7-14(18)13(17)8-12/h6-8,10-11,20H,9H2,1-5H3,(H,19,21). The summed E-state index contributed by atoms with van der Waals surface area (Å²) >= 11 is 3.18. The van der Waals surface area contributed by atoms with Crippen molar-refractivity contribution in [3.8, 4) is 0 Å². The lowest BCUT2D eigenvalue weighted by Crippen LogP contribution is -2.41. The van der Waals surface area contributed by atoms with Crippen LogP contribution in [0.5, 0.6) is 0 Å². The molecule has 2 unspecified atom stereocenters. The highest BCUT2D eigenvalue weighted by Crippen LogP contribution is 2.21. The Kier molecular flexibility index (Phi) is 6.81. The molecule has 6 heteroatoms. The summed E-state index contributed by atoms with van der Waals surface area (Å²) < 4.78 is 18.9. The van der Waals surface area contributed by atoms with Gasteiger partial charge < -0.3 is 15.4 Å². The minimum Gasteiger partial charge on any atom is -0.444 e. The highest BCUT2D eigenvalue weighted by Gasteiger charge is 2.17. The van der Waals surface area contributed by atoms with Crippen LogP contribution in [-0.2, 0) is 4.74 Å². The molecule has 0 heterocycles. The topological polar surface area (TPSA) is 50.4 Å². The van der Waals surface area contributed by atoms with Gasteiger partial charge in [0.25, 0.3) is 0 Å². The Bertz CT molecular complexity index is 517. The molecule has 0 fully saturated rings. The minimum atomic E-state index is -0.506. The number of hydrogen-bond acceptors (Lipinski definition) is 3. The number of rotatable bonds is 5. The van der Waals surface area contributed by atoms with Crippen LogP contribution in [0.3, 0.4) is 0 Å². The highest BCUT2D eigenvalue weighted by atomic mass is 79.9. The fraction of sp³-hybridized carbons (Fsp3) is 0.562. The maximum absolute atomic E-state index is 13.2. The quantitative estimate of drug-likeness (QED) is 0.813. The van der Waals surface area contributed by atoms with E-state index in [1.54, 1.807) is 12.1 Å². The molecular weight excluding hydrogens is 351 g/mol. The zero-order valence-corrected chi connectivity index (χ0v) is 15.3. The largest absolute Gasteiger partial charge is 0.444 e. The van der Waals surface area contributed by atoms with E-state index in [1.807, 2.05) is 34.6 Å². The van der Waals surface area contributed by atoms with Crippen molar-refractivity contribution in [1.82, 2.24) is 10.6 Å². The summed E-state index contributed by atoms with van der Waals surface area (Å²) in [5, 5.41) is 6.07. The van der Waals surface area contributed by atoms with Crippen molar-refractivity contribution in [2.24, 2.45) is 0 Å². The molecule has 4 nitrogen and oxygen atoms in total. The molecule has 2 N–H and O–H groups in total. The van der Waals surface area contributed by atoms with Gasteiger partial charge in [0.05, 0.1) is 4.47 Å². The van der Waals surface area contributed by atoms with Gasteiger partial charge in [0, 0.05) is 18.6 Å². The van der Waals surface area contributed by atoms with E-state index in [-0.39, 0.29) is 17.9 Å². The molecule has 0 saturated heterocycles. The van der Waals surface area contributed by atoms with Gasteiger partial charge in [-0.15, -0.1) is 0 Å². The van der Waals surface area contributed by atoms with Gasteiger partial charge >= 0.3 is 6.09 Å². The van der Waals surface area contributed by atoms with Gasteiger partial charge in [-0.2, -0.15) is 0 Å². The maximum atomic E-state index is 13.2. The van der Waals surface area contributed by atoms with E-state index in [1.165, 1.54) is 6.07 Å². The van der Waals surface area contributed by atoms with Gasteiger partial charge in [-0.1, -0.05) is 6.07 Å². The van der Waals surface area contributed by atoms with Crippen molar-refractivity contribution in [1.29, 1.82) is 0 Å². The third kappa shape index (κ3) is 6.75. The summed E-state index contributed by atoms with van der Waals surface area (Å²) in [4.78, 5) is 11.6. The summed E-state index contributed by atoms with van der Waals surface area (Å²) in [7, 11) is 0. The molecule has 0 aromatic heterocycles. The number of carbonyl (C=O) groups is 1. The van der Waals surface area contributed by atoms with Crippen LogP contribution >= 0.6 is 15.9 Å². The Morgan fingerprint density at radius 1 is 1.36 bits per heavy atom. The van der Waals surface area contributed by atoms with E-state index in [4.69, 9.17) is 4.74 Å². The first kappa shape index (κ1) is 18.9. The number of nitrogens with one attached hydrogen (secondary N) is 2. The predicted octanol–water partition coefficient (Wildman–Crippen LogP) is 4.15. The molecule has 2 atom stereocenters. The Morgan fingerprint density at radius 3 is 2.55 bits per heavy atom. The normalized spacial score (nSPS) is 14.3. The van der Waals surface area contributed by atoms with Crippen LogP contribution in [0.2, 0.25) is 0 Å². The van der Waals surface area contributed by atoms with E-state index in [0.29, 0.717) is 11.0 Å². The molecule has 22 heavy (non-hydrogen) atoms. The molecule has 1 aromatic rings. The first-order valence-corrected chi connectivity index (χ1v) is 8.05. The lowest BCUT2D eigenvalue weighted by atomic mass is 10.1. The van der Waals surface area contributed by atoms with Crippen LogP contribution in [0.15, 0.2) is 22.7 Å². The molecule has 1 rings (SSSR count). The Morgan fingerprint density at radius 2 is 2.00 bits per heavy atom. The molecule has 0 radical (unpaired) electrons. The molecule has 0 spiro atoms. The zero-order chi connectivity index (χ0) is 16.9. The number of ether oxygens (including phenoxy) is 1. The van der Waals surface area contributed by atoms with E-state index in [0.717, 1.165) is 5.56 Å². The first-order chi connectivity index (χ1) is 10.1. The zero-order valence-electron chi connectivity index (χ0n) is 13.7. The van der Waals surface area contributed by atoms with Gasteiger partial charge in [0.2, 0.25) is 0 Å². The van der Waals surface area contributed by atoms with E-state index in [2.05, 4.69) is 26.6 Å². The third-order valence-corrected chi connectivity index (χ3v) is 3.54. The van der Waals surface area contributed by atoms with Gasteiger partial charge in [0.15, 0.2) is 0 Å². The fourth-order valence-corrected chi connectivity index (χ4v) is 2.31. The lowest BCUT2D eigenvalue weighted by molar-refractivity contribution is 0.0522. The van der Waals surface area contributed by atoms with Crippen LogP contribution < -0.4 is 10.6 Å². The Hall–Kier alpha value is -1.14. The summed E-state index contributed by atoms with van der Waals surface area (Å²) in [6, 6.07) is 5.01. The molecular formula is C16H24BrFN2O2. The number of benzene rings is 1. The van der Waals surface area contributed by atoms with Crippen molar-refractivity contribution in [2.75, 3.05) is 6.54 Å². The number of carbonyl (C=O) groups excluding carboxylic acids is 1. The number of hydrogen-bond donors (Lipinski definition) is 2. The van der Waals surface area contributed by atoms with Crippen molar-refractivity contribution < 1.29 is 13.9 Å². The second-order valence-corrected chi connectivity index (χ2v) is 7.20. The van der Waals surface area contributed by atoms with Crippen molar-refractivity contribution in [3.05, 3.63) is 34.1 Å². The molecule has 0 saturated carbocycles. The van der Waals surface area contributed by atoms with Crippen molar-refractivity contribution in [3.63, 3.8) is 0 Å². The van der Waals surface area contributed by atoms with E-state index >= 15 is 0 Å². The lowest BCUT2D eigenvalue weighted by Gasteiger charge is -2.23. The highest BCUT2D eigenvalue weighted by molar-refractivity contribution is 9.10. The maximum Gasteiger partial charge on any atom is 0.407 e. The molecule has 0 aliphatic carbocycles. The summed E-state index contributed by atoms with van der Waals surface area (Å²) in [6.07, 6.45) is -0.432. The molecule has 1 aromatic carbocycles. The van der Waals surface area contributed by atoms with Crippen LogP contribution in [0.1, 0.15) is 46.2 Å². The second kappa shape index (κ2) is 7.92. The minimum absolute atomic E-state index is 0.0346. The predicted molar refractivity (Wildman–Crippen MR) is 89.3 cm³/mol. The van der Waals surface area contributed by atoms with Crippen LogP contribution in [-0.4, -0.2) is 24.3 Å².